The van der Waals surface area contributed by atoms with Gasteiger partial charge in [0.25, 0.3) is 0 Å². The first-order chi connectivity index (χ1) is 8.03. The van der Waals surface area contributed by atoms with Crippen molar-refractivity contribution >= 4 is 32.8 Å². The fraction of sp³-hybridized carbons (Fsp3) is 0.636. The summed E-state index contributed by atoms with van der Waals surface area (Å²) in [6.45, 7) is 3.20. The number of hydrogen-bond donors (Lipinski definition) is 1. The minimum atomic E-state index is -2.85. The van der Waals surface area contributed by atoms with Crippen molar-refractivity contribution in [1.29, 1.82) is 0 Å². The van der Waals surface area contributed by atoms with E-state index in [0.29, 0.717) is 13.0 Å². The highest BCUT2D eigenvalue weighted by molar-refractivity contribution is 7.91. The van der Waals surface area contributed by atoms with Crippen LogP contribution in [0, 0.1) is 0 Å². The van der Waals surface area contributed by atoms with Gasteiger partial charge < -0.3 is 5.32 Å². The van der Waals surface area contributed by atoms with Crippen LogP contribution in [-0.4, -0.2) is 33.0 Å². The summed E-state index contributed by atoms with van der Waals surface area (Å²) in [6.07, 6.45) is 1.58. The lowest BCUT2D eigenvalue weighted by Crippen LogP contribution is -2.25. The molecule has 1 N–H and O–H groups in total. The van der Waals surface area contributed by atoms with Crippen molar-refractivity contribution in [2.45, 2.75) is 19.8 Å². The Morgan fingerprint density at radius 2 is 2.06 bits per heavy atom. The standard InChI is InChI=1S/C11H18ClNO2S2/c1-2-8-17(14,15)9-7-13-6-5-10-3-4-11(12)16-10/h3-4,13H,2,5-9H2,1H3. The third-order valence-electron chi connectivity index (χ3n) is 2.28. The second-order valence-electron chi connectivity index (χ2n) is 3.86. The Kier molecular flexibility index (Phi) is 6.48. The van der Waals surface area contributed by atoms with Gasteiger partial charge >= 0.3 is 0 Å². The van der Waals surface area contributed by atoms with E-state index in [1.54, 1.807) is 11.3 Å². The quantitative estimate of drug-likeness (QED) is 0.749. The van der Waals surface area contributed by atoms with Crippen LogP contribution in [0.25, 0.3) is 0 Å². The van der Waals surface area contributed by atoms with Gasteiger partial charge in [-0.3, -0.25) is 0 Å². The van der Waals surface area contributed by atoms with Gasteiger partial charge in [-0.1, -0.05) is 18.5 Å². The molecule has 1 rings (SSSR count). The minimum Gasteiger partial charge on any atom is -0.315 e. The third-order valence-corrected chi connectivity index (χ3v) is 5.43. The Labute approximate surface area is 112 Å². The molecular weight excluding hydrogens is 278 g/mol. The van der Waals surface area contributed by atoms with E-state index in [1.165, 1.54) is 4.88 Å². The zero-order valence-corrected chi connectivity index (χ0v) is 12.3. The van der Waals surface area contributed by atoms with Gasteiger partial charge in [0.1, 0.15) is 0 Å². The van der Waals surface area contributed by atoms with Crippen LogP contribution in [0.4, 0.5) is 0 Å². The molecule has 6 heteroatoms. The number of nitrogens with one attached hydrogen (secondary N) is 1. The Balaban J connectivity index is 2.13. The highest BCUT2D eigenvalue weighted by Gasteiger charge is 2.07. The van der Waals surface area contributed by atoms with Crippen molar-refractivity contribution in [1.82, 2.24) is 5.32 Å². The van der Waals surface area contributed by atoms with Crippen molar-refractivity contribution in [2.75, 3.05) is 24.6 Å². The Bertz CT molecular complexity index is 428. The summed E-state index contributed by atoms with van der Waals surface area (Å²) < 4.78 is 23.6. The predicted molar refractivity (Wildman–Crippen MR) is 74.8 cm³/mol. The highest BCUT2D eigenvalue weighted by atomic mass is 35.5. The molecule has 0 saturated carbocycles. The van der Waals surface area contributed by atoms with E-state index < -0.39 is 9.84 Å². The molecule has 0 aliphatic heterocycles. The van der Waals surface area contributed by atoms with Crippen LogP contribution in [0.3, 0.4) is 0 Å². The summed E-state index contributed by atoms with van der Waals surface area (Å²) in [7, 11) is -2.85. The van der Waals surface area contributed by atoms with Crippen LogP contribution in [0.15, 0.2) is 12.1 Å². The molecule has 0 aromatic carbocycles. The summed E-state index contributed by atoms with van der Waals surface area (Å²) >= 11 is 7.38. The minimum absolute atomic E-state index is 0.228. The Morgan fingerprint density at radius 1 is 1.29 bits per heavy atom. The molecule has 0 fully saturated rings. The highest BCUT2D eigenvalue weighted by Crippen LogP contribution is 2.21. The van der Waals surface area contributed by atoms with Gasteiger partial charge in [0.15, 0.2) is 9.84 Å². The lowest BCUT2D eigenvalue weighted by molar-refractivity contribution is 0.589. The van der Waals surface area contributed by atoms with E-state index in [4.69, 9.17) is 11.6 Å². The van der Waals surface area contributed by atoms with Crippen molar-refractivity contribution < 1.29 is 8.42 Å². The molecule has 0 unspecified atom stereocenters. The second kappa shape index (κ2) is 7.36. The zero-order valence-electron chi connectivity index (χ0n) is 9.91. The maximum atomic E-state index is 11.4. The molecule has 0 amide bonds. The lowest BCUT2D eigenvalue weighted by atomic mass is 10.3. The van der Waals surface area contributed by atoms with Gasteiger partial charge in [-0.15, -0.1) is 11.3 Å². The normalized spacial score (nSPS) is 11.9. The SMILES string of the molecule is CCCS(=O)(=O)CCNCCc1ccc(Cl)s1. The van der Waals surface area contributed by atoms with Gasteiger partial charge in [0.05, 0.1) is 10.1 Å². The van der Waals surface area contributed by atoms with Crippen LogP contribution in [0.5, 0.6) is 0 Å². The molecule has 3 nitrogen and oxygen atoms in total. The Hall–Kier alpha value is -0.100. The lowest BCUT2D eigenvalue weighted by Gasteiger charge is -2.04. The summed E-state index contributed by atoms with van der Waals surface area (Å²) in [6, 6.07) is 3.88. The molecule has 0 aliphatic carbocycles. The first kappa shape index (κ1) is 15.0. The molecular formula is C11H18ClNO2S2. The summed E-state index contributed by atoms with van der Waals surface area (Å²) in [4.78, 5) is 1.22. The maximum Gasteiger partial charge on any atom is 0.151 e. The van der Waals surface area contributed by atoms with E-state index in [1.807, 2.05) is 19.1 Å². The second-order valence-corrected chi connectivity index (χ2v) is 7.96. The van der Waals surface area contributed by atoms with E-state index in [2.05, 4.69) is 5.32 Å². The molecule has 0 atom stereocenters. The molecule has 17 heavy (non-hydrogen) atoms. The average molecular weight is 296 g/mol. The van der Waals surface area contributed by atoms with Crippen LogP contribution in [0.1, 0.15) is 18.2 Å². The van der Waals surface area contributed by atoms with Gasteiger partial charge in [-0.2, -0.15) is 0 Å². The molecule has 1 aromatic heterocycles. The molecule has 0 saturated heterocycles. The van der Waals surface area contributed by atoms with Crippen LogP contribution in [-0.2, 0) is 16.3 Å². The van der Waals surface area contributed by atoms with Gasteiger partial charge in [0.2, 0.25) is 0 Å². The van der Waals surface area contributed by atoms with Crippen LogP contribution < -0.4 is 5.32 Å². The third kappa shape index (κ3) is 6.41. The van der Waals surface area contributed by atoms with Gasteiger partial charge in [-0.05, 0) is 31.5 Å². The first-order valence-corrected chi connectivity index (χ1v) is 8.70. The van der Waals surface area contributed by atoms with Crippen molar-refractivity contribution in [3.8, 4) is 0 Å². The number of thiophene rings is 1. The number of halogens is 1. The van der Waals surface area contributed by atoms with Gasteiger partial charge in [-0.25, -0.2) is 8.42 Å². The summed E-state index contributed by atoms with van der Waals surface area (Å²) in [5, 5.41) is 3.14. The van der Waals surface area contributed by atoms with Crippen molar-refractivity contribution in [2.24, 2.45) is 0 Å². The predicted octanol–water partition coefficient (Wildman–Crippen LogP) is 2.36. The molecule has 1 aromatic rings. The molecule has 0 radical (unpaired) electrons. The smallest absolute Gasteiger partial charge is 0.151 e. The van der Waals surface area contributed by atoms with Crippen molar-refractivity contribution in [3.05, 3.63) is 21.3 Å². The van der Waals surface area contributed by atoms with Crippen LogP contribution >= 0.6 is 22.9 Å². The monoisotopic (exact) mass is 295 g/mol. The maximum absolute atomic E-state index is 11.4. The van der Waals surface area contributed by atoms with Crippen LogP contribution in [0.2, 0.25) is 4.34 Å². The first-order valence-electron chi connectivity index (χ1n) is 5.69. The topological polar surface area (TPSA) is 46.2 Å². The molecule has 0 aliphatic rings. The van der Waals surface area contributed by atoms with E-state index >= 15 is 0 Å². The van der Waals surface area contributed by atoms with E-state index in [9.17, 15) is 8.42 Å². The zero-order chi connectivity index (χ0) is 12.7. The summed E-state index contributed by atoms with van der Waals surface area (Å²) in [5.74, 6) is 0.515. The Morgan fingerprint density at radius 3 is 2.65 bits per heavy atom. The molecule has 1 heterocycles. The number of rotatable bonds is 8. The van der Waals surface area contributed by atoms with E-state index in [-0.39, 0.29) is 11.5 Å². The van der Waals surface area contributed by atoms with E-state index in [0.717, 1.165) is 17.3 Å². The largest absolute Gasteiger partial charge is 0.315 e. The average Bonchev–Trinajstić information content (AvgIpc) is 2.63. The molecule has 0 spiro atoms. The number of sulfone groups is 1. The van der Waals surface area contributed by atoms with Gasteiger partial charge in [0, 0.05) is 17.2 Å². The molecule has 0 bridgehead atoms. The fourth-order valence-electron chi connectivity index (χ4n) is 1.46. The fourth-order valence-corrected chi connectivity index (χ4v) is 3.83. The number of hydrogen-bond acceptors (Lipinski definition) is 4. The molecule has 98 valence electrons. The summed E-state index contributed by atoms with van der Waals surface area (Å²) in [5.41, 5.74) is 0. The van der Waals surface area contributed by atoms with Crippen molar-refractivity contribution in [3.63, 3.8) is 0 Å².